The second-order valence-corrected chi connectivity index (χ2v) is 4.71. The topological polar surface area (TPSA) is 95.5 Å². The number of carboxylic acid groups (broad SMARTS) is 1. The van der Waals surface area contributed by atoms with Crippen molar-refractivity contribution in [3.8, 4) is 0 Å². The molecule has 1 rings (SSSR count). The molecule has 0 spiro atoms. The summed E-state index contributed by atoms with van der Waals surface area (Å²) in [7, 11) is 0. The normalized spacial score (nSPS) is 14.8. The molecule has 0 radical (unpaired) electrons. The number of aliphatic carboxylic acids is 1. The van der Waals surface area contributed by atoms with Crippen molar-refractivity contribution in [1.82, 2.24) is 10.6 Å². The lowest BCUT2D eigenvalue weighted by atomic mass is 9.91. The van der Waals surface area contributed by atoms with E-state index < -0.39 is 23.5 Å². The zero-order valence-corrected chi connectivity index (χ0v) is 11.6. The highest BCUT2D eigenvalue weighted by Gasteiger charge is 2.37. The minimum atomic E-state index is -1.55. The van der Waals surface area contributed by atoms with E-state index in [9.17, 15) is 19.5 Å². The van der Waals surface area contributed by atoms with Crippen LogP contribution in [0.3, 0.4) is 0 Å². The maximum atomic E-state index is 12.0. The highest BCUT2D eigenvalue weighted by Crippen LogP contribution is 2.21. The zero-order valence-electron chi connectivity index (χ0n) is 11.6. The molecule has 0 saturated carbocycles. The standard InChI is InChI=1S/C14H18N2O4/c1-9(15-10(2)17)12(18)16-14(3,13(19)20)11-7-5-4-6-8-11/h4-9H,1-3H3,(H,15,17)(H,16,18)(H,19,20). The second-order valence-electron chi connectivity index (χ2n) is 4.71. The van der Waals surface area contributed by atoms with Crippen LogP contribution in [-0.2, 0) is 19.9 Å². The number of carboxylic acids is 1. The van der Waals surface area contributed by atoms with Crippen LogP contribution in [0.1, 0.15) is 26.3 Å². The first-order valence-electron chi connectivity index (χ1n) is 6.15. The SMILES string of the molecule is CC(=O)NC(C)C(=O)NC(C)(C(=O)O)c1ccccc1. The largest absolute Gasteiger partial charge is 0.479 e. The minimum Gasteiger partial charge on any atom is -0.479 e. The predicted molar refractivity (Wildman–Crippen MR) is 72.9 cm³/mol. The van der Waals surface area contributed by atoms with Gasteiger partial charge in [-0.05, 0) is 19.4 Å². The van der Waals surface area contributed by atoms with Crippen molar-refractivity contribution in [2.45, 2.75) is 32.4 Å². The molecule has 6 heteroatoms. The number of hydrogen-bond acceptors (Lipinski definition) is 3. The molecule has 0 aliphatic heterocycles. The predicted octanol–water partition coefficient (Wildman–Crippen LogP) is 0.627. The van der Waals surface area contributed by atoms with Crippen LogP contribution in [0, 0.1) is 0 Å². The molecule has 0 saturated heterocycles. The lowest BCUT2D eigenvalue weighted by molar-refractivity contribution is -0.147. The van der Waals surface area contributed by atoms with Gasteiger partial charge in [-0.2, -0.15) is 0 Å². The quantitative estimate of drug-likeness (QED) is 0.736. The lowest BCUT2D eigenvalue weighted by Gasteiger charge is -2.28. The fourth-order valence-corrected chi connectivity index (χ4v) is 1.75. The van der Waals surface area contributed by atoms with E-state index in [4.69, 9.17) is 0 Å². The van der Waals surface area contributed by atoms with Crippen molar-refractivity contribution in [3.63, 3.8) is 0 Å². The monoisotopic (exact) mass is 278 g/mol. The van der Waals surface area contributed by atoms with Gasteiger partial charge >= 0.3 is 5.97 Å². The molecule has 0 aliphatic carbocycles. The Labute approximate surface area is 117 Å². The second kappa shape index (κ2) is 6.18. The van der Waals surface area contributed by atoms with Gasteiger partial charge in [-0.25, -0.2) is 4.79 Å². The Morgan fingerprint density at radius 1 is 1.20 bits per heavy atom. The van der Waals surface area contributed by atoms with Gasteiger partial charge in [-0.3, -0.25) is 9.59 Å². The average Bonchev–Trinajstić information content (AvgIpc) is 2.38. The first-order chi connectivity index (χ1) is 9.27. The third-order valence-electron chi connectivity index (χ3n) is 2.97. The van der Waals surface area contributed by atoms with Crippen molar-refractivity contribution >= 4 is 17.8 Å². The first-order valence-corrected chi connectivity index (χ1v) is 6.15. The van der Waals surface area contributed by atoms with Gasteiger partial charge in [-0.1, -0.05) is 30.3 Å². The molecule has 0 aliphatic rings. The van der Waals surface area contributed by atoms with E-state index in [1.807, 2.05) is 0 Å². The van der Waals surface area contributed by atoms with Crippen LogP contribution in [0.4, 0.5) is 0 Å². The van der Waals surface area contributed by atoms with Crippen LogP contribution >= 0.6 is 0 Å². The molecule has 0 fully saturated rings. The Bertz CT molecular complexity index is 515. The van der Waals surface area contributed by atoms with Crippen molar-refractivity contribution in [1.29, 1.82) is 0 Å². The van der Waals surface area contributed by atoms with Crippen LogP contribution in [0.25, 0.3) is 0 Å². The molecule has 20 heavy (non-hydrogen) atoms. The summed E-state index contributed by atoms with van der Waals surface area (Å²) in [6.07, 6.45) is 0. The molecular formula is C14H18N2O4. The molecule has 2 amide bonds. The van der Waals surface area contributed by atoms with Crippen LogP contribution in [0.2, 0.25) is 0 Å². The summed E-state index contributed by atoms with van der Waals surface area (Å²) in [6.45, 7) is 4.18. The summed E-state index contributed by atoms with van der Waals surface area (Å²) in [5.41, 5.74) is -1.10. The van der Waals surface area contributed by atoms with Gasteiger partial charge in [0.15, 0.2) is 5.54 Å². The summed E-state index contributed by atoms with van der Waals surface area (Å²) in [5, 5.41) is 14.3. The fraction of sp³-hybridized carbons (Fsp3) is 0.357. The number of benzene rings is 1. The van der Waals surface area contributed by atoms with Gasteiger partial charge in [0.05, 0.1) is 0 Å². The lowest BCUT2D eigenvalue weighted by Crippen LogP contribution is -2.55. The molecule has 0 aromatic heterocycles. The average molecular weight is 278 g/mol. The fourth-order valence-electron chi connectivity index (χ4n) is 1.75. The molecule has 0 heterocycles. The van der Waals surface area contributed by atoms with Gasteiger partial charge in [-0.15, -0.1) is 0 Å². The number of carbonyl (C=O) groups is 3. The van der Waals surface area contributed by atoms with Crippen molar-refractivity contribution in [3.05, 3.63) is 35.9 Å². The van der Waals surface area contributed by atoms with Gasteiger partial charge < -0.3 is 15.7 Å². The molecule has 3 N–H and O–H groups in total. The Kier molecular flexibility index (Phi) is 4.85. The molecule has 1 aromatic rings. The maximum Gasteiger partial charge on any atom is 0.333 e. The molecular weight excluding hydrogens is 260 g/mol. The van der Waals surface area contributed by atoms with E-state index in [2.05, 4.69) is 10.6 Å². The smallest absolute Gasteiger partial charge is 0.333 e. The Morgan fingerprint density at radius 2 is 1.75 bits per heavy atom. The van der Waals surface area contributed by atoms with Gasteiger partial charge in [0, 0.05) is 6.92 Å². The van der Waals surface area contributed by atoms with Crippen LogP contribution in [0.15, 0.2) is 30.3 Å². The zero-order chi connectivity index (χ0) is 15.3. The molecule has 2 unspecified atom stereocenters. The van der Waals surface area contributed by atoms with Crippen LogP contribution in [-0.4, -0.2) is 28.9 Å². The van der Waals surface area contributed by atoms with Crippen LogP contribution < -0.4 is 10.6 Å². The highest BCUT2D eigenvalue weighted by atomic mass is 16.4. The Hall–Kier alpha value is -2.37. The van der Waals surface area contributed by atoms with E-state index in [1.54, 1.807) is 30.3 Å². The number of carbonyl (C=O) groups excluding carboxylic acids is 2. The third-order valence-corrected chi connectivity index (χ3v) is 2.97. The molecule has 108 valence electrons. The van der Waals surface area contributed by atoms with Crippen molar-refractivity contribution in [2.24, 2.45) is 0 Å². The third kappa shape index (κ3) is 3.57. The molecule has 6 nitrogen and oxygen atoms in total. The number of rotatable bonds is 5. The number of amides is 2. The Balaban J connectivity index is 2.96. The highest BCUT2D eigenvalue weighted by molar-refractivity contribution is 5.91. The number of nitrogens with one attached hydrogen (secondary N) is 2. The van der Waals surface area contributed by atoms with E-state index >= 15 is 0 Å². The Morgan fingerprint density at radius 3 is 2.20 bits per heavy atom. The number of hydrogen-bond donors (Lipinski definition) is 3. The van der Waals surface area contributed by atoms with E-state index in [-0.39, 0.29) is 5.91 Å². The minimum absolute atomic E-state index is 0.357. The summed E-state index contributed by atoms with van der Waals surface area (Å²) in [6, 6.07) is 7.58. The summed E-state index contributed by atoms with van der Waals surface area (Å²) < 4.78 is 0. The molecule has 0 bridgehead atoms. The van der Waals surface area contributed by atoms with E-state index in [1.165, 1.54) is 20.8 Å². The van der Waals surface area contributed by atoms with Gasteiger partial charge in [0.25, 0.3) is 0 Å². The summed E-state index contributed by atoms with van der Waals surface area (Å²) in [5.74, 6) is -2.09. The van der Waals surface area contributed by atoms with Gasteiger partial charge in [0.1, 0.15) is 6.04 Å². The van der Waals surface area contributed by atoms with E-state index in [0.29, 0.717) is 5.56 Å². The van der Waals surface area contributed by atoms with Crippen molar-refractivity contribution < 1.29 is 19.5 Å². The summed E-state index contributed by atoms with van der Waals surface area (Å²) >= 11 is 0. The first kappa shape index (κ1) is 15.7. The van der Waals surface area contributed by atoms with E-state index in [0.717, 1.165) is 0 Å². The van der Waals surface area contributed by atoms with Crippen LogP contribution in [0.5, 0.6) is 0 Å². The van der Waals surface area contributed by atoms with Crippen molar-refractivity contribution in [2.75, 3.05) is 0 Å². The maximum absolute atomic E-state index is 12.0. The molecule has 2 atom stereocenters. The summed E-state index contributed by atoms with van der Waals surface area (Å²) in [4.78, 5) is 34.4. The van der Waals surface area contributed by atoms with Gasteiger partial charge in [0.2, 0.25) is 11.8 Å². The molecule has 1 aromatic carbocycles.